The first-order chi connectivity index (χ1) is 13.4. The second-order valence-corrected chi connectivity index (χ2v) is 6.84. The zero-order valence-electron chi connectivity index (χ0n) is 15.3. The van der Waals surface area contributed by atoms with Gasteiger partial charge < -0.3 is 20.3 Å². The van der Waals surface area contributed by atoms with Crippen LogP contribution in [0, 0.1) is 5.92 Å². The summed E-state index contributed by atoms with van der Waals surface area (Å²) in [6.07, 6.45) is -1.11. The minimum atomic E-state index is -1.33. The number of hydrogen-bond donors (Lipinski definition) is 3. The molecule has 0 aromatic heterocycles. The van der Waals surface area contributed by atoms with Crippen molar-refractivity contribution in [3.8, 4) is 11.1 Å². The van der Waals surface area contributed by atoms with Crippen molar-refractivity contribution in [2.75, 3.05) is 6.61 Å². The summed E-state index contributed by atoms with van der Waals surface area (Å²) >= 11 is 0. The molecular weight excluding hydrogens is 362 g/mol. The van der Waals surface area contributed by atoms with Crippen molar-refractivity contribution in [2.45, 2.75) is 25.3 Å². The molecular formula is C21H21NO6. The van der Waals surface area contributed by atoms with Crippen molar-refractivity contribution in [1.82, 2.24) is 5.32 Å². The Kier molecular flexibility index (Phi) is 5.63. The molecule has 0 aliphatic heterocycles. The highest BCUT2D eigenvalue weighted by molar-refractivity contribution is 5.81. The molecule has 7 nitrogen and oxygen atoms in total. The van der Waals surface area contributed by atoms with Gasteiger partial charge in [0.05, 0.1) is 5.92 Å². The molecule has 0 heterocycles. The lowest BCUT2D eigenvalue weighted by Crippen LogP contribution is -2.43. The van der Waals surface area contributed by atoms with Gasteiger partial charge in [0.25, 0.3) is 0 Å². The number of aliphatic carboxylic acids is 2. The maximum absolute atomic E-state index is 12.1. The summed E-state index contributed by atoms with van der Waals surface area (Å²) in [6.45, 7) is 1.44. The first kappa shape index (κ1) is 19.4. The Morgan fingerprint density at radius 3 is 2.00 bits per heavy atom. The number of carboxylic acids is 2. The molecule has 3 rings (SSSR count). The molecule has 7 heteroatoms. The van der Waals surface area contributed by atoms with Crippen molar-refractivity contribution in [1.29, 1.82) is 0 Å². The molecule has 1 amide bonds. The van der Waals surface area contributed by atoms with Crippen LogP contribution in [-0.4, -0.2) is 40.9 Å². The average Bonchev–Trinajstić information content (AvgIpc) is 2.99. The number of alkyl carbamates (subject to hydrolysis) is 1. The maximum atomic E-state index is 12.1. The smallest absolute Gasteiger partial charge is 0.407 e. The molecule has 0 unspecified atom stereocenters. The van der Waals surface area contributed by atoms with Crippen LogP contribution in [-0.2, 0) is 14.3 Å². The fraction of sp³-hybridized carbons (Fsp3) is 0.286. The van der Waals surface area contributed by atoms with E-state index in [9.17, 15) is 19.5 Å². The number of carboxylic acid groups (broad SMARTS) is 2. The quantitative estimate of drug-likeness (QED) is 0.677. The first-order valence-corrected chi connectivity index (χ1v) is 8.95. The zero-order valence-corrected chi connectivity index (χ0v) is 15.3. The van der Waals surface area contributed by atoms with Crippen molar-refractivity contribution >= 4 is 18.0 Å². The molecule has 0 saturated heterocycles. The molecule has 2 aromatic rings. The molecule has 0 bridgehead atoms. The van der Waals surface area contributed by atoms with Crippen LogP contribution >= 0.6 is 0 Å². The number of nitrogens with one attached hydrogen (secondary N) is 1. The van der Waals surface area contributed by atoms with Crippen LogP contribution in [0.2, 0.25) is 0 Å². The van der Waals surface area contributed by atoms with Crippen LogP contribution in [0.3, 0.4) is 0 Å². The Morgan fingerprint density at radius 1 is 0.964 bits per heavy atom. The van der Waals surface area contributed by atoms with Gasteiger partial charge in [-0.25, -0.2) is 9.59 Å². The summed E-state index contributed by atoms with van der Waals surface area (Å²) < 4.78 is 5.30. The van der Waals surface area contributed by atoms with Gasteiger partial charge in [-0.15, -0.1) is 0 Å². The molecule has 146 valence electrons. The van der Waals surface area contributed by atoms with E-state index in [0.717, 1.165) is 22.3 Å². The minimum Gasteiger partial charge on any atom is -0.481 e. The minimum absolute atomic E-state index is 0.0562. The molecule has 0 fully saturated rings. The largest absolute Gasteiger partial charge is 0.481 e. The first-order valence-electron chi connectivity index (χ1n) is 8.95. The van der Waals surface area contributed by atoms with E-state index < -0.39 is 30.0 Å². The third-order valence-electron chi connectivity index (χ3n) is 4.94. The van der Waals surface area contributed by atoms with E-state index >= 15 is 0 Å². The average molecular weight is 383 g/mol. The second kappa shape index (κ2) is 8.12. The van der Waals surface area contributed by atoms with E-state index in [2.05, 4.69) is 5.32 Å². The van der Waals surface area contributed by atoms with Gasteiger partial charge in [-0.2, -0.15) is 0 Å². The van der Waals surface area contributed by atoms with Crippen molar-refractivity contribution in [3.63, 3.8) is 0 Å². The number of carbonyl (C=O) groups is 3. The van der Waals surface area contributed by atoms with Gasteiger partial charge in [0.1, 0.15) is 12.6 Å². The van der Waals surface area contributed by atoms with Crippen LogP contribution in [0.25, 0.3) is 11.1 Å². The second-order valence-electron chi connectivity index (χ2n) is 6.84. The number of benzene rings is 2. The standard InChI is InChI=1S/C21H21NO6/c1-12(19(23)24)10-18(20(25)26)22-21(27)28-11-17-15-8-4-2-6-13(15)14-7-3-5-9-16(14)17/h2-9,12,17-18H,10-11H2,1H3,(H,22,27)(H,23,24)(H,25,26)/t12-,18-/m1/s1. The molecule has 3 N–H and O–H groups in total. The van der Waals surface area contributed by atoms with Crippen molar-refractivity contribution < 1.29 is 29.3 Å². The van der Waals surface area contributed by atoms with Gasteiger partial charge in [0, 0.05) is 5.92 Å². The fourth-order valence-corrected chi connectivity index (χ4v) is 3.46. The number of rotatable bonds is 7. The van der Waals surface area contributed by atoms with E-state index in [-0.39, 0.29) is 18.9 Å². The lowest BCUT2D eigenvalue weighted by atomic mass is 9.98. The van der Waals surface area contributed by atoms with Crippen molar-refractivity contribution in [2.24, 2.45) is 5.92 Å². The third-order valence-corrected chi connectivity index (χ3v) is 4.94. The monoisotopic (exact) mass is 383 g/mol. The molecule has 28 heavy (non-hydrogen) atoms. The van der Waals surface area contributed by atoms with Crippen molar-refractivity contribution in [3.05, 3.63) is 59.7 Å². The predicted octanol–water partition coefficient (Wildman–Crippen LogP) is 3.09. The molecule has 1 aliphatic rings. The van der Waals surface area contributed by atoms with Crippen LogP contribution in [0.4, 0.5) is 4.79 Å². The van der Waals surface area contributed by atoms with Gasteiger partial charge in [-0.3, -0.25) is 4.79 Å². The Labute approximate surface area is 162 Å². The SMILES string of the molecule is C[C@H](C[C@@H](NC(=O)OCC1c2ccccc2-c2ccccc21)C(=O)O)C(=O)O. The summed E-state index contributed by atoms with van der Waals surface area (Å²) in [7, 11) is 0. The van der Waals surface area contributed by atoms with Gasteiger partial charge in [0.2, 0.25) is 0 Å². The third kappa shape index (κ3) is 3.98. The van der Waals surface area contributed by atoms with Crippen LogP contribution in [0.1, 0.15) is 30.4 Å². The molecule has 2 atom stereocenters. The number of fused-ring (bicyclic) bond motifs is 3. The Hall–Kier alpha value is -3.35. The van der Waals surface area contributed by atoms with E-state index in [1.54, 1.807) is 0 Å². The number of amides is 1. The maximum Gasteiger partial charge on any atom is 0.407 e. The van der Waals surface area contributed by atoms with Crippen LogP contribution in [0.5, 0.6) is 0 Å². The van der Waals surface area contributed by atoms with E-state index in [0.29, 0.717) is 0 Å². The predicted molar refractivity (Wildman–Crippen MR) is 101 cm³/mol. The van der Waals surface area contributed by atoms with E-state index in [1.165, 1.54) is 6.92 Å². The van der Waals surface area contributed by atoms with Crippen LogP contribution in [0.15, 0.2) is 48.5 Å². The molecule has 2 aromatic carbocycles. The van der Waals surface area contributed by atoms with Gasteiger partial charge >= 0.3 is 18.0 Å². The number of carbonyl (C=O) groups excluding carboxylic acids is 1. The summed E-state index contributed by atoms with van der Waals surface area (Å²) in [5, 5.41) is 20.4. The van der Waals surface area contributed by atoms with Crippen LogP contribution < -0.4 is 5.32 Å². The Morgan fingerprint density at radius 2 is 1.50 bits per heavy atom. The zero-order chi connectivity index (χ0) is 20.3. The van der Waals surface area contributed by atoms with E-state index in [4.69, 9.17) is 9.84 Å². The highest BCUT2D eigenvalue weighted by Crippen LogP contribution is 2.44. The van der Waals surface area contributed by atoms with Gasteiger partial charge in [-0.05, 0) is 28.7 Å². The highest BCUT2D eigenvalue weighted by atomic mass is 16.5. The topological polar surface area (TPSA) is 113 Å². The molecule has 0 radical (unpaired) electrons. The fourth-order valence-electron chi connectivity index (χ4n) is 3.46. The number of hydrogen-bond acceptors (Lipinski definition) is 4. The summed E-state index contributed by atoms with van der Waals surface area (Å²) in [4.78, 5) is 34.4. The lowest BCUT2D eigenvalue weighted by Gasteiger charge is -2.18. The van der Waals surface area contributed by atoms with Gasteiger partial charge in [-0.1, -0.05) is 55.5 Å². The highest BCUT2D eigenvalue weighted by Gasteiger charge is 2.30. The van der Waals surface area contributed by atoms with E-state index in [1.807, 2.05) is 48.5 Å². The number of ether oxygens (including phenoxy) is 1. The Bertz CT molecular complexity index is 864. The molecule has 1 aliphatic carbocycles. The summed E-state index contributed by atoms with van der Waals surface area (Å²) in [5.74, 6) is -3.48. The normalized spacial score (nSPS) is 14.5. The van der Waals surface area contributed by atoms with Gasteiger partial charge in [0.15, 0.2) is 0 Å². The lowest BCUT2D eigenvalue weighted by molar-refractivity contribution is -0.143. The summed E-state index contributed by atoms with van der Waals surface area (Å²) in [5.41, 5.74) is 4.27. The molecule has 0 saturated carbocycles. The Balaban J connectivity index is 1.67. The molecule has 0 spiro atoms. The summed E-state index contributed by atoms with van der Waals surface area (Å²) in [6, 6.07) is 14.4.